The Kier molecular flexibility index (Phi) is 4.01. The number of carbonyl (C=O) groups excluding carboxylic acids is 1. The zero-order valence-corrected chi connectivity index (χ0v) is 14.9. The van der Waals surface area contributed by atoms with Crippen molar-refractivity contribution in [3.63, 3.8) is 0 Å². The highest BCUT2D eigenvalue weighted by Crippen LogP contribution is 2.40. The third-order valence-corrected chi connectivity index (χ3v) is 5.32. The molecule has 0 unspecified atom stereocenters. The largest absolute Gasteiger partial charge is 0.487 e. The van der Waals surface area contributed by atoms with Crippen LogP contribution in [0.25, 0.3) is 11.3 Å². The Labute approximate surface area is 150 Å². The number of para-hydroxylation sites is 1. The molecule has 2 aromatic carbocycles. The Morgan fingerprint density at radius 1 is 1.20 bits per heavy atom. The fraction of sp³-hybridized carbons (Fsp3) is 0.200. The number of hydrogen-bond donors (Lipinski definition) is 1. The lowest BCUT2D eigenvalue weighted by molar-refractivity contribution is -0.115. The van der Waals surface area contributed by atoms with Crippen molar-refractivity contribution < 1.29 is 9.53 Å². The van der Waals surface area contributed by atoms with Gasteiger partial charge in [-0.05, 0) is 42.7 Å². The maximum absolute atomic E-state index is 12.4. The lowest BCUT2D eigenvalue weighted by Gasteiger charge is -2.15. The molecule has 4 rings (SSSR count). The summed E-state index contributed by atoms with van der Waals surface area (Å²) in [6, 6.07) is 14.0. The van der Waals surface area contributed by atoms with Crippen LogP contribution in [-0.2, 0) is 17.8 Å². The van der Waals surface area contributed by atoms with Gasteiger partial charge in [-0.25, -0.2) is 4.98 Å². The van der Waals surface area contributed by atoms with Crippen LogP contribution in [-0.4, -0.2) is 10.9 Å². The number of nitrogens with zero attached hydrogens (tertiary/aromatic N) is 1. The van der Waals surface area contributed by atoms with Crippen LogP contribution in [0.5, 0.6) is 5.75 Å². The van der Waals surface area contributed by atoms with Crippen molar-refractivity contribution in [1.29, 1.82) is 0 Å². The molecule has 0 radical (unpaired) electrons. The zero-order valence-electron chi connectivity index (χ0n) is 14.1. The highest BCUT2D eigenvalue weighted by Gasteiger charge is 2.22. The highest BCUT2D eigenvalue weighted by molar-refractivity contribution is 7.16. The minimum Gasteiger partial charge on any atom is -0.487 e. The summed E-state index contributed by atoms with van der Waals surface area (Å²) in [6.07, 6.45) is 0.346. The predicted octanol–water partition coefficient (Wildman–Crippen LogP) is 4.50. The molecule has 1 aromatic heterocycles. The number of hydrogen-bond acceptors (Lipinski definition) is 4. The number of anilines is 1. The van der Waals surface area contributed by atoms with Crippen molar-refractivity contribution in [3.8, 4) is 17.0 Å². The molecule has 0 saturated carbocycles. The fourth-order valence-corrected chi connectivity index (χ4v) is 3.81. The van der Waals surface area contributed by atoms with E-state index in [1.54, 1.807) is 0 Å². The lowest BCUT2D eigenvalue weighted by Crippen LogP contribution is -2.14. The molecule has 1 N–H and O–H groups in total. The second-order valence-corrected chi connectivity index (χ2v) is 7.30. The van der Waals surface area contributed by atoms with E-state index in [0.717, 1.165) is 27.4 Å². The van der Waals surface area contributed by atoms with E-state index in [-0.39, 0.29) is 5.91 Å². The summed E-state index contributed by atoms with van der Waals surface area (Å²) < 4.78 is 5.75. The molecule has 0 fully saturated rings. The number of aromatic nitrogens is 1. The molecule has 0 bridgehead atoms. The summed E-state index contributed by atoms with van der Waals surface area (Å²) in [6.45, 7) is 4.62. The first-order chi connectivity index (χ1) is 12.1. The van der Waals surface area contributed by atoms with E-state index >= 15 is 0 Å². The first kappa shape index (κ1) is 15.8. The Bertz CT molecular complexity index is 962. The SMILES string of the molecule is Cc1ccc(CC(=O)Nc2nc3c(s2)COc2ccccc2-3)cc1C. The molecule has 4 nitrogen and oxygen atoms in total. The van der Waals surface area contributed by atoms with E-state index in [9.17, 15) is 4.79 Å². The van der Waals surface area contributed by atoms with Gasteiger partial charge in [0.25, 0.3) is 0 Å². The van der Waals surface area contributed by atoms with E-state index in [1.807, 2.05) is 36.4 Å². The van der Waals surface area contributed by atoms with Gasteiger partial charge < -0.3 is 10.1 Å². The Hall–Kier alpha value is -2.66. The number of nitrogens with one attached hydrogen (secondary N) is 1. The van der Waals surface area contributed by atoms with E-state index in [1.165, 1.54) is 22.5 Å². The van der Waals surface area contributed by atoms with E-state index in [2.05, 4.69) is 30.2 Å². The van der Waals surface area contributed by atoms with E-state index in [0.29, 0.717) is 18.2 Å². The Morgan fingerprint density at radius 3 is 2.88 bits per heavy atom. The normalized spacial score (nSPS) is 12.1. The lowest BCUT2D eigenvalue weighted by atomic mass is 10.0. The molecule has 2 heterocycles. The number of amides is 1. The second-order valence-electron chi connectivity index (χ2n) is 6.22. The van der Waals surface area contributed by atoms with Crippen LogP contribution in [0.15, 0.2) is 42.5 Å². The minimum atomic E-state index is -0.0523. The van der Waals surface area contributed by atoms with Gasteiger partial charge >= 0.3 is 0 Å². The van der Waals surface area contributed by atoms with Crippen LogP contribution in [0.4, 0.5) is 5.13 Å². The topological polar surface area (TPSA) is 51.2 Å². The molecule has 25 heavy (non-hydrogen) atoms. The third-order valence-electron chi connectivity index (χ3n) is 4.38. The number of thiazole rings is 1. The Morgan fingerprint density at radius 2 is 2.04 bits per heavy atom. The van der Waals surface area contributed by atoms with Crippen LogP contribution >= 0.6 is 11.3 Å². The van der Waals surface area contributed by atoms with Gasteiger partial charge in [0, 0.05) is 5.56 Å². The summed E-state index contributed by atoms with van der Waals surface area (Å²) >= 11 is 1.48. The number of rotatable bonds is 3. The number of aryl methyl sites for hydroxylation is 2. The number of ether oxygens (including phenoxy) is 1. The van der Waals surface area contributed by atoms with Gasteiger partial charge in [-0.1, -0.05) is 41.7 Å². The number of fused-ring (bicyclic) bond motifs is 3. The molecule has 1 aliphatic heterocycles. The third kappa shape index (κ3) is 3.15. The Balaban J connectivity index is 1.51. The smallest absolute Gasteiger partial charge is 0.230 e. The summed E-state index contributed by atoms with van der Waals surface area (Å²) in [5.41, 5.74) is 5.33. The molecule has 126 valence electrons. The first-order valence-corrected chi connectivity index (χ1v) is 8.99. The number of carbonyl (C=O) groups is 1. The standard InChI is InChI=1S/C20H18N2O2S/c1-12-7-8-14(9-13(12)2)10-18(23)21-20-22-19-15-5-3-4-6-16(15)24-11-17(19)25-20/h3-9H,10-11H2,1-2H3,(H,21,22,23). The summed E-state index contributed by atoms with van der Waals surface area (Å²) in [4.78, 5) is 18.0. The van der Waals surface area contributed by atoms with Gasteiger partial charge in [-0.15, -0.1) is 0 Å². The molecule has 1 amide bonds. The van der Waals surface area contributed by atoms with E-state index in [4.69, 9.17) is 4.74 Å². The molecule has 0 spiro atoms. The van der Waals surface area contributed by atoms with Gasteiger partial charge in [0.05, 0.1) is 17.0 Å². The van der Waals surface area contributed by atoms with Crippen molar-refractivity contribution in [2.24, 2.45) is 0 Å². The average Bonchev–Trinajstić information content (AvgIpc) is 3.01. The summed E-state index contributed by atoms with van der Waals surface area (Å²) in [5, 5.41) is 3.55. The highest BCUT2D eigenvalue weighted by atomic mass is 32.1. The van der Waals surface area contributed by atoms with Crippen molar-refractivity contribution in [2.45, 2.75) is 26.9 Å². The fourth-order valence-electron chi connectivity index (χ4n) is 2.91. The summed E-state index contributed by atoms with van der Waals surface area (Å²) in [5.74, 6) is 0.789. The van der Waals surface area contributed by atoms with Gasteiger partial charge in [0.1, 0.15) is 12.4 Å². The van der Waals surface area contributed by atoms with Gasteiger partial charge in [-0.2, -0.15) is 0 Å². The van der Waals surface area contributed by atoms with Crippen molar-refractivity contribution in [3.05, 3.63) is 64.0 Å². The monoisotopic (exact) mass is 350 g/mol. The van der Waals surface area contributed by atoms with Crippen molar-refractivity contribution in [1.82, 2.24) is 4.98 Å². The van der Waals surface area contributed by atoms with Crippen LogP contribution in [0.2, 0.25) is 0 Å². The maximum Gasteiger partial charge on any atom is 0.230 e. The quantitative estimate of drug-likeness (QED) is 0.757. The molecule has 0 aliphatic carbocycles. The molecule has 0 saturated heterocycles. The van der Waals surface area contributed by atoms with E-state index < -0.39 is 0 Å². The van der Waals surface area contributed by atoms with Crippen molar-refractivity contribution in [2.75, 3.05) is 5.32 Å². The van der Waals surface area contributed by atoms with Gasteiger partial charge in [-0.3, -0.25) is 4.79 Å². The van der Waals surface area contributed by atoms with Crippen molar-refractivity contribution >= 4 is 22.4 Å². The predicted molar refractivity (Wildman–Crippen MR) is 100 cm³/mol. The molecular weight excluding hydrogens is 332 g/mol. The van der Waals surface area contributed by atoms with Crippen LogP contribution in [0.3, 0.4) is 0 Å². The van der Waals surface area contributed by atoms with Crippen LogP contribution < -0.4 is 10.1 Å². The molecule has 5 heteroatoms. The minimum absolute atomic E-state index is 0.0523. The molecule has 3 aromatic rings. The zero-order chi connectivity index (χ0) is 17.4. The second kappa shape index (κ2) is 6.33. The first-order valence-electron chi connectivity index (χ1n) is 8.18. The maximum atomic E-state index is 12.4. The molecular formula is C20H18N2O2S. The average molecular weight is 350 g/mol. The molecule has 1 aliphatic rings. The van der Waals surface area contributed by atoms with Crippen LogP contribution in [0.1, 0.15) is 21.6 Å². The number of benzene rings is 2. The van der Waals surface area contributed by atoms with Gasteiger partial charge in [0.15, 0.2) is 5.13 Å². The molecule has 0 atom stereocenters. The van der Waals surface area contributed by atoms with Crippen LogP contribution in [0, 0.1) is 13.8 Å². The van der Waals surface area contributed by atoms with Gasteiger partial charge in [0.2, 0.25) is 5.91 Å². The summed E-state index contributed by atoms with van der Waals surface area (Å²) in [7, 11) is 0.